The van der Waals surface area contributed by atoms with Crippen LogP contribution in [0.1, 0.15) is 214 Å². The summed E-state index contributed by atoms with van der Waals surface area (Å²) in [5.74, 6) is 0. The van der Waals surface area contributed by atoms with E-state index in [0.717, 1.165) is 38.5 Å². The molecule has 0 heterocycles. The van der Waals surface area contributed by atoms with Crippen LogP contribution < -0.4 is 51.4 Å². The van der Waals surface area contributed by atoms with Gasteiger partial charge in [-0.05, 0) is 12.8 Å². The van der Waals surface area contributed by atoms with Crippen LogP contribution in [0, 0.1) is 0 Å². The third-order valence-electron chi connectivity index (χ3n) is 8.30. The molecule has 2 N–H and O–H groups in total. The standard InChI is InChI=1S/C34H71O4P.K.H/c1-3-5-7-9-11-13-15-17-19-21-23-25-27-29-31-33-34(38-39(35,36)37)32-30-28-26-24-22-20-18-16-14-12-10-8-6-4-2;;/h34H,3-33H2,1-2H3,(H2,35,36,37);;/q;+1;-1. The summed E-state index contributed by atoms with van der Waals surface area (Å²) in [4.78, 5) is 18.6. The Morgan fingerprint density at radius 1 is 0.450 bits per heavy atom. The number of hydrogen-bond donors (Lipinski definition) is 2. The Labute approximate surface area is 295 Å². The molecule has 0 aliphatic rings. The van der Waals surface area contributed by atoms with Crippen molar-refractivity contribution < 1.29 is 71.7 Å². The molecule has 0 aliphatic heterocycles. The normalized spacial score (nSPS) is 12.5. The second-order valence-electron chi connectivity index (χ2n) is 12.3. The molecule has 0 amide bonds. The van der Waals surface area contributed by atoms with Gasteiger partial charge in [0.15, 0.2) is 0 Å². The number of unbranched alkanes of at least 4 members (excludes halogenated alkanes) is 27. The summed E-state index contributed by atoms with van der Waals surface area (Å²) in [7, 11) is -4.40. The van der Waals surface area contributed by atoms with Crippen LogP contribution in [0.25, 0.3) is 0 Å². The predicted molar refractivity (Wildman–Crippen MR) is 173 cm³/mol. The summed E-state index contributed by atoms with van der Waals surface area (Å²) < 4.78 is 16.6. The van der Waals surface area contributed by atoms with E-state index in [1.165, 1.54) is 161 Å². The Bertz CT molecular complexity index is 521. The van der Waals surface area contributed by atoms with Gasteiger partial charge in [0.1, 0.15) is 0 Å². The van der Waals surface area contributed by atoms with Crippen molar-refractivity contribution in [3.05, 3.63) is 0 Å². The van der Waals surface area contributed by atoms with E-state index in [4.69, 9.17) is 4.52 Å². The van der Waals surface area contributed by atoms with Crippen molar-refractivity contribution >= 4 is 7.82 Å². The van der Waals surface area contributed by atoms with Crippen LogP contribution in [0.5, 0.6) is 0 Å². The molecule has 0 aromatic carbocycles. The molecule has 0 saturated heterocycles. The summed E-state index contributed by atoms with van der Waals surface area (Å²) in [6.45, 7) is 4.55. The largest absolute Gasteiger partial charge is 1.00 e. The maximum absolute atomic E-state index is 11.4. The molecule has 0 aromatic heterocycles. The number of phosphoric ester groups is 1. The van der Waals surface area contributed by atoms with Crippen molar-refractivity contribution in [2.45, 2.75) is 219 Å². The smallest absolute Gasteiger partial charge is 1.00 e. The molecule has 0 radical (unpaired) electrons. The molecule has 40 heavy (non-hydrogen) atoms. The van der Waals surface area contributed by atoms with E-state index in [2.05, 4.69) is 13.8 Å². The SMILES string of the molecule is CCCCCCCCCCCCCCCCCC(CCCCCCCCCCCCCCCC)OP(=O)(O)O.[H-].[K+]. The molecule has 0 aliphatic carbocycles. The van der Waals surface area contributed by atoms with Crippen LogP contribution in [0.15, 0.2) is 0 Å². The Morgan fingerprint density at radius 2 is 0.650 bits per heavy atom. The summed E-state index contributed by atoms with van der Waals surface area (Å²) >= 11 is 0. The molecule has 238 valence electrons. The van der Waals surface area contributed by atoms with Gasteiger partial charge in [-0.25, -0.2) is 4.57 Å². The van der Waals surface area contributed by atoms with Gasteiger partial charge in [-0.15, -0.1) is 0 Å². The van der Waals surface area contributed by atoms with Crippen LogP contribution in [-0.4, -0.2) is 15.9 Å². The predicted octanol–water partition coefficient (Wildman–Crippen LogP) is 9.71. The summed E-state index contributed by atoms with van der Waals surface area (Å²) in [6, 6.07) is 0. The van der Waals surface area contributed by atoms with Gasteiger partial charge in [0, 0.05) is 0 Å². The third-order valence-corrected chi connectivity index (χ3v) is 8.87. The van der Waals surface area contributed by atoms with Crippen molar-refractivity contribution in [2.75, 3.05) is 0 Å². The number of phosphoric acid groups is 1. The Morgan fingerprint density at radius 3 is 0.850 bits per heavy atom. The average Bonchev–Trinajstić information content (AvgIpc) is 2.90. The topological polar surface area (TPSA) is 66.8 Å². The minimum absolute atomic E-state index is 0. The van der Waals surface area contributed by atoms with Crippen molar-refractivity contribution in [3.63, 3.8) is 0 Å². The molecule has 1 atom stereocenters. The first-order valence-corrected chi connectivity index (χ1v) is 19.3. The summed E-state index contributed by atoms with van der Waals surface area (Å²) in [5, 5.41) is 0. The molecule has 0 fully saturated rings. The first kappa shape index (κ1) is 43.9. The van der Waals surface area contributed by atoms with Crippen LogP contribution in [0.4, 0.5) is 0 Å². The van der Waals surface area contributed by atoms with Gasteiger partial charge in [-0.1, -0.05) is 200 Å². The second kappa shape index (κ2) is 35.2. The molecular weight excluding hydrogens is 542 g/mol. The van der Waals surface area contributed by atoms with Gasteiger partial charge in [0.25, 0.3) is 0 Å². The maximum Gasteiger partial charge on any atom is 1.00 e. The molecule has 0 rings (SSSR count). The molecule has 0 saturated carbocycles. The molecule has 1 unspecified atom stereocenters. The maximum atomic E-state index is 11.4. The van der Waals surface area contributed by atoms with E-state index in [1.807, 2.05) is 0 Å². The fourth-order valence-electron chi connectivity index (χ4n) is 5.75. The van der Waals surface area contributed by atoms with Gasteiger partial charge in [-0.2, -0.15) is 0 Å². The van der Waals surface area contributed by atoms with Crippen molar-refractivity contribution in [1.29, 1.82) is 0 Å². The quantitative estimate of drug-likeness (QED) is 0.0439. The van der Waals surface area contributed by atoms with Gasteiger partial charge in [0.05, 0.1) is 6.10 Å². The van der Waals surface area contributed by atoms with Gasteiger partial charge < -0.3 is 11.2 Å². The van der Waals surface area contributed by atoms with E-state index in [1.54, 1.807) is 0 Å². The van der Waals surface area contributed by atoms with Crippen molar-refractivity contribution in [1.82, 2.24) is 0 Å². The Balaban J connectivity index is -0.00000722. The van der Waals surface area contributed by atoms with E-state index >= 15 is 0 Å². The minimum Gasteiger partial charge on any atom is -1.00 e. The fourth-order valence-corrected chi connectivity index (χ4v) is 6.35. The first-order chi connectivity index (χ1) is 19.0. The molecule has 0 spiro atoms. The number of rotatable bonds is 33. The summed E-state index contributed by atoms with van der Waals surface area (Å²) in [5.41, 5.74) is 0. The molecule has 4 nitrogen and oxygen atoms in total. The van der Waals surface area contributed by atoms with Crippen LogP contribution >= 0.6 is 7.82 Å². The Hall–Kier alpha value is 1.75. The first-order valence-electron chi connectivity index (χ1n) is 17.7. The van der Waals surface area contributed by atoms with Crippen LogP contribution in [0.3, 0.4) is 0 Å². The molecule has 6 heteroatoms. The Kier molecular flexibility index (Phi) is 38.6. The minimum atomic E-state index is -4.40. The monoisotopic (exact) mass is 614 g/mol. The fraction of sp³-hybridized carbons (Fsp3) is 1.00. The molecule has 0 aromatic rings. The van der Waals surface area contributed by atoms with E-state index in [9.17, 15) is 14.4 Å². The zero-order chi connectivity index (χ0) is 28.7. The van der Waals surface area contributed by atoms with E-state index in [-0.39, 0.29) is 58.9 Å². The van der Waals surface area contributed by atoms with Gasteiger partial charge in [0.2, 0.25) is 0 Å². The van der Waals surface area contributed by atoms with E-state index < -0.39 is 7.82 Å². The van der Waals surface area contributed by atoms with Gasteiger partial charge in [-0.3, -0.25) is 4.52 Å². The van der Waals surface area contributed by atoms with Crippen molar-refractivity contribution in [3.8, 4) is 0 Å². The van der Waals surface area contributed by atoms with Crippen LogP contribution in [-0.2, 0) is 9.09 Å². The molecule has 0 bridgehead atoms. The third kappa shape index (κ3) is 37.8. The molecular formula is C34H72KO4P. The number of hydrogen-bond acceptors (Lipinski definition) is 2. The zero-order valence-corrected chi connectivity index (χ0v) is 31.7. The summed E-state index contributed by atoms with van der Waals surface area (Å²) in [6.07, 6.45) is 39.8. The van der Waals surface area contributed by atoms with Crippen molar-refractivity contribution in [2.24, 2.45) is 0 Å². The van der Waals surface area contributed by atoms with Crippen LogP contribution in [0.2, 0.25) is 0 Å². The zero-order valence-electron chi connectivity index (χ0n) is 28.7. The van der Waals surface area contributed by atoms with E-state index in [0.29, 0.717) is 0 Å². The van der Waals surface area contributed by atoms with Gasteiger partial charge >= 0.3 is 59.2 Å². The second-order valence-corrected chi connectivity index (χ2v) is 13.5. The average molecular weight is 615 g/mol.